The molecule has 0 saturated heterocycles. The molecule has 2 aromatic rings. The third-order valence-corrected chi connectivity index (χ3v) is 4.81. The van der Waals surface area contributed by atoms with Crippen molar-refractivity contribution in [3.05, 3.63) is 41.5 Å². The molecule has 0 aliphatic heterocycles. The van der Waals surface area contributed by atoms with Crippen molar-refractivity contribution in [2.24, 2.45) is 0 Å². The second-order valence-corrected chi connectivity index (χ2v) is 6.32. The summed E-state index contributed by atoms with van der Waals surface area (Å²) in [7, 11) is 0. The topological polar surface area (TPSA) is 24.9 Å². The molecule has 0 spiro atoms. The van der Waals surface area contributed by atoms with Crippen molar-refractivity contribution >= 4 is 11.3 Å². The molecule has 1 heterocycles. The van der Waals surface area contributed by atoms with Gasteiger partial charge in [-0.05, 0) is 18.4 Å². The monoisotopic (exact) mass is 272 g/mol. The number of rotatable bonds is 4. The summed E-state index contributed by atoms with van der Waals surface area (Å²) in [5.41, 5.74) is 1.27. The summed E-state index contributed by atoms with van der Waals surface area (Å²) in [6.07, 6.45) is 8.83. The quantitative estimate of drug-likeness (QED) is 0.901. The summed E-state index contributed by atoms with van der Waals surface area (Å²) in [6.45, 7) is 0.919. The maximum atomic E-state index is 4.53. The zero-order chi connectivity index (χ0) is 12.9. The van der Waals surface area contributed by atoms with Gasteiger partial charge < -0.3 is 5.32 Å². The molecule has 1 aliphatic carbocycles. The summed E-state index contributed by atoms with van der Waals surface area (Å²) in [6, 6.07) is 11.2. The molecule has 2 nitrogen and oxygen atoms in total. The fourth-order valence-electron chi connectivity index (χ4n) is 2.67. The number of aromatic nitrogens is 1. The number of nitrogens with one attached hydrogen (secondary N) is 1. The summed E-state index contributed by atoms with van der Waals surface area (Å²) in [4.78, 5) is 5.80. The van der Waals surface area contributed by atoms with E-state index in [2.05, 4.69) is 40.6 Å². The Balaban J connectivity index is 1.59. The SMILES string of the molecule is c1ccc(-c2cnc(CNC3CCCCC3)s2)cc1. The molecule has 0 atom stereocenters. The Hall–Kier alpha value is -1.19. The van der Waals surface area contributed by atoms with Crippen molar-refractivity contribution in [3.63, 3.8) is 0 Å². The van der Waals surface area contributed by atoms with Gasteiger partial charge >= 0.3 is 0 Å². The number of benzene rings is 1. The molecule has 1 aromatic carbocycles. The molecule has 1 N–H and O–H groups in total. The van der Waals surface area contributed by atoms with Crippen LogP contribution in [-0.2, 0) is 6.54 Å². The average molecular weight is 272 g/mol. The minimum absolute atomic E-state index is 0.706. The van der Waals surface area contributed by atoms with E-state index in [9.17, 15) is 0 Å². The maximum Gasteiger partial charge on any atom is 0.107 e. The van der Waals surface area contributed by atoms with Gasteiger partial charge in [-0.1, -0.05) is 49.6 Å². The highest BCUT2D eigenvalue weighted by atomic mass is 32.1. The first-order valence-corrected chi connectivity index (χ1v) is 7.97. The Morgan fingerprint density at radius 2 is 1.89 bits per heavy atom. The van der Waals surface area contributed by atoms with Gasteiger partial charge in [-0.2, -0.15) is 0 Å². The minimum atomic E-state index is 0.706. The van der Waals surface area contributed by atoms with Crippen molar-refractivity contribution in [1.29, 1.82) is 0 Å². The van der Waals surface area contributed by atoms with Crippen molar-refractivity contribution in [2.45, 2.75) is 44.7 Å². The zero-order valence-electron chi connectivity index (χ0n) is 11.1. The molecule has 3 rings (SSSR count). The fraction of sp³-hybridized carbons (Fsp3) is 0.438. The molecule has 1 saturated carbocycles. The standard InChI is InChI=1S/C16H20N2S/c1-3-7-13(8-4-1)15-11-18-16(19-15)12-17-14-9-5-2-6-10-14/h1,3-4,7-8,11,14,17H,2,5-6,9-10,12H2. The van der Waals surface area contributed by atoms with Crippen LogP contribution in [0.5, 0.6) is 0 Å². The molecule has 100 valence electrons. The van der Waals surface area contributed by atoms with Gasteiger partial charge in [0.25, 0.3) is 0 Å². The normalized spacial score (nSPS) is 16.6. The lowest BCUT2D eigenvalue weighted by Gasteiger charge is -2.22. The molecule has 0 unspecified atom stereocenters. The van der Waals surface area contributed by atoms with Gasteiger partial charge in [0.2, 0.25) is 0 Å². The summed E-state index contributed by atoms with van der Waals surface area (Å²) >= 11 is 1.80. The van der Waals surface area contributed by atoms with Crippen LogP contribution in [-0.4, -0.2) is 11.0 Å². The highest BCUT2D eigenvalue weighted by Gasteiger charge is 2.13. The molecule has 0 radical (unpaired) electrons. The third kappa shape index (κ3) is 3.43. The van der Waals surface area contributed by atoms with E-state index >= 15 is 0 Å². The Bertz CT molecular complexity index is 500. The second kappa shape index (κ2) is 6.31. The molecule has 1 fully saturated rings. The lowest BCUT2D eigenvalue weighted by molar-refractivity contribution is 0.372. The lowest BCUT2D eigenvalue weighted by Crippen LogP contribution is -2.30. The van der Waals surface area contributed by atoms with Gasteiger partial charge in [-0.3, -0.25) is 0 Å². The van der Waals surface area contributed by atoms with Crippen LogP contribution in [0.4, 0.5) is 0 Å². The van der Waals surface area contributed by atoms with Crippen LogP contribution in [0.15, 0.2) is 36.5 Å². The molecule has 0 amide bonds. The summed E-state index contributed by atoms with van der Waals surface area (Å²) in [5, 5.41) is 4.85. The van der Waals surface area contributed by atoms with E-state index in [1.54, 1.807) is 11.3 Å². The molecule has 0 bridgehead atoms. The van der Waals surface area contributed by atoms with Crippen LogP contribution in [0, 0.1) is 0 Å². The average Bonchev–Trinajstić information content (AvgIpc) is 2.96. The van der Waals surface area contributed by atoms with Gasteiger partial charge in [0.15, 0.2) is 0 Å². The molecule has 3 heteroatoms. The maximum absolute atomic E-state index is 4.53. The first-order valence-electron chi connectivity index (χ1n) is 7.15. The summed E-state index contributed by atoms with van der Waals surface area (Å²) < 4.78 is 0. The van der Waals surface area contributed by atoms with Gasteiger partial charge in [0.05, 0.1) is 4.88 Å². The van der Waals surface area contributed by atoms with Gasteiger partial charge in [0.1, 0.15) is 5.01 Å². The Morgan fingerprint density at radius 1 is 1.11 bits per heavy atom. The van der Waals surface area contributed by atoms with E-state index in [0.717, 1.165) is 6.54 Å². The zero-order valence-corrected chi connectivity index (χ0v) is 12.0. The highest BCUT2D eigenvalue weighted by molar-refractivity contribution is 7.15. The number of hydrogen-bond acceptors (Lipinski definition) is 3. The van der Waals surface area contributed by atoms with Crippen LogP contribution in [0.25, 0.3) is 10.4 Å². The van der Waals surface area contributed by atoms with Crippen LogP contribution in [0.3, 0.4) is 0 Å². The van der Waals surface area contributed by atoms with Gasteiger partial charge in [0, 0.05) is 18.8 Å². The number of nitrogens with zero attached hydrogens (tertiary/aromatic N) is 1. The highest BCUT2D eigenvalue weighted by Crippen LogP contribution is 2.26. The summed E-state index contributed by atoms with van der Waals surface area (Å²) in [5.74, 6) is 0. The fourth-order valence-corrected chi connectivity index (χ4v) is 3.54. The van der Waals surface area contributed by atoms with E-state index < -0.39 is 0 Å². The Morgan fingerprint density at radius 3 is 2.68 bits per heavy atom. The Kier molecular flexibility index (Phi) is 4.26. The van der Waals surface area contributed by atoms with Crippen LogP contribution in [0.2, 0.25) is 0 Å². The van der Waals surface area contributed by atoms with E-state index in [1.807, 2.05) is 6.20 Å². The molecule has 19 heavy (non-hydrogen) atoms. The Labute approximate surface area is 118 Å². The number of thiazole rings is 1. The van der Waals surface area contributed by atoms with E-state index in [-0.39, 0.29) is 0 Å². The van der Waals surface area contributed by atoms with Crippen molar-refractivity contribution < 1.29 is 0 Å². The first-order chi connectivity index (χ1) is 9.42. The van der Waals surface area contributed by atoms with E-state index in [0.29, 0.717) is 6.04 Å². The van der Waals surface area contributed by atoms with E-state index in [1.165, 1.54) is 47.6 Å². The minimum Gasteiger partial charge on any atom is -0.308 e. The lowest BCUT2D eigenvalue weighted by atomic mass is 9.96. The largest absolute Gasteiger partial charge is 0.308 e. The van der Waals surface area contributed by atoms with E-state index in [4.69, 9.17) is 0 Å². The number of hydrogen-bond donors (Lipinski definition) is 1. The first kappa shape index (κ1) is 12.8. The van der Waals surface area contributed by atoms with Crippen molar-refractivity contribution in [2.75, 3.05) is 0 Å². The van der Waals surface area contributed by atoms with Gasteiger partial charge in [-0.25, -0.2) is 4.98 Å². The predicted octanol–water partition coefficient (Wildman–Crippen LogP) is 4.23. The van der Waals surface area contributed by atoms with Gasteiger partial charge in [-0.15, -0.1) is 11.3 Å². The van der Waals surface area contributed by atoms with Crippen LogP contribution >= 0.6 is 11.3 Å². The third-order valence-electron chi connectivity index (χ3n) is 3.76. The molecule has 1 aromatic heterocycles. The van der Waals surface area contributed by atoms with Crippen molar-refractivity contribution in [1.82, 2.24) is 10.3 Å². The smallest absolute Gasteiger partial charge is 0.107 e. The molecular formula is C16H20N2S. The second-order valence-electron chi connectivity index (χ2n) is 5.20. The molecule has 1 aliphatic rings. The molecular weight excluding hydrogens is 252 g/mol. The van der Waals surface area contributed by atoms with Crippen LogP contribution < -0.4 is 5.32 Å². The van der Waals surface area contributed by atoms with Crippen LogP contribution in [0.1, 0.15) is 37.1 Å². The predicted molar refractivity (Wildman–Crippen MR) is 81.3 cm³/mol. The van der Waals surface area contributed by atoms with Crippen molar-refractivity contribution in [3.8, 4) is 10.4 Å².